The molecule has 0 aliphatic heterocycles. The van der Waals surface area contributed by atoms with Crippen LogP contribution in [0.2, 0.25) is 0 Å². The standard InChI is InChI=1S/C25H34N2O3/c1-7-22(25(29)26-17(2)3)27(15-21-11-8-18(4)9-12-21)24(28)16-30-23-13-10-19(5)14-20(23)6/h8-14,17,22H,7,15-16H2,1-6H3,(H,26,29)/t22-/m1/s1. The zero-order chi connectivity index (χ0) is 22.3. The third kappa shape index (κ3) is 6.61. The second kappa shape index (κ2) is 10.8. The molecule has 1 atom stereocenters. The van der Waals surface area contributed by atoms with Crippen molar-refractivity contribution in [2.45, 2.75) is 66.6 Å². The number of hydrogen-bond donors (Lipinski definition) is 1. The van der Waals surface area contributed by atoms with E-state index in [1.807, 2.05) is 84.0 Å². The molecular formula is C25H34N2O3. The SMILES string of the molecule is CC[C@H](C(=O)NC(C)C)N(Cc1ccc(C)cc1)C(=O)COc1ccc(C)cc1C. The highest BCUT2D eigenvalue weighted by atomic mass is 16.5. The lowest BCUT2D eigenvalue weighted by Gasteiger charge is -2.31. The number of carbonyl (C=O) groups is 2. The Morgan fingerprint density at radius 1 is 1.00 bits per heavy atom. The van der Waals surface area contributed by atoms with Gasteiger partial charge in [0.05, 0.1) is 0 Å². The van der Waals surface area contributed by atoms with Crippen molar-refractivity contribution >= 4 is 11.8 Å². The van der Waals surface area contributed by atoms with Gasteiger partial charge in [0.1, 0.15) is 11.8 Å². The Labute approximate surface area is 180 Å². The van der Waals surface area contributed by atoms with Gasteiger partial charge < -0.3 is 15.0 Å². The molecule has 0 saturated heterocycles. The summed E-state index contributed by atoms with van der Waals surface area (Å²) in [7, 11) is 0. The first kappa shape index (κ1) is 23.5. The first-order chi connectivity index (χ1) is 14.2. The molecule has 162 valence electrons. The number of rotatable bonds is 9. The normalized spacial score (nSPS) is 11.8. The topological polar surface area (TPSA) is 58.6 Å². The zero-order valence-electron chi connectivity index (χ0n) is 19.0. The predicted octanol–water partition coefficient (Wildman–Crippen LogP) is 4.32. The van der Waals surface area contributed by atoms with Gasteiger partial charge in [0, 0.05) is 12.6 Å². The summed E-state index contributed by atoms with van der Waals surface area (Å²) in [6.45, 7) is 12.0. The third-order valence-corrected chi connectivity index (χ3v) is 4.97. The van der Waals surface area contributed by atoms with E-state index in [1.54, 1.807) is 4.90 Å². The number of nitrogens with one attached hydrogen (secondary N) is 1. The van der Waals surface area contributed by atoms with E-state index in [-0.39, 0.29) is 24.5 Å². The summed E-state index contributed by atoms with van der Waals surface area (Å²) in [5, 5.41) is 2.94. The van der Waals surface area contributed by atoms with Gasteiger partial charge in [-0.15, -0.1) is 0 Å². The molecule has 0 aliphatic rings. The van der Waals surface area contributed by atoms with E-state index >= 15 is 0 Å². The lowest BCUT2D eigenvalue weighted by atomic mass is 10.1. The number of nitrogens with zero attached hydrogens (tertiary/aromatic N) is 1. The van der Waals surface area contributed by atoms with Crippen LogP contribution in [0.3, 0.4) is 0 Å². The summed E-state index contributed by atoms with van der Waals surface area (Å²) >= 11 is 0. The van der Waals surface area contributed by atoms with Gasteiger partial charge in [-0.25, -0.2) is 0 Å². The van der Waals surface area contributed by atoms with Gasteiger partial charge in [-0.05, 0) is 58.2 Å². The number of hydrogen-bond acceptors (Lipinski definition) is 3. The van der Waals surface area contributed by atoms with Gasteiger partial charge in [0.15, 0.2) is 6.61 Å². The van der Waals surface area contributed by atoms with E-state index in [0.29, 0.717) is 18.7 Å². The Bertz CT molecular complexity index is 859. The van der Waals surface area contributed by atoms with Crippen LogP contribution in [-0.4, -0.2) is 35.4 Å². The molecule has 2 aromatic carbocycles. The van der Waals surface area contributed by atoms with E-state index < -0.39 is 6.04 Å². The Balaban J connectivity index is 2.22. The van der Waals surface area contributed by atoms with Crippen molar-refractivity contribution in [3.8, 4) is 5.75 Å². The first-order valence-corrected chi connectivity index (χ1v) is 10.6. The lowest BCUT2D eigenvalue weighted by molar-refractivity contribution is -0.143. The molecule has 1 N–H and O–H groups in total. The van der Waals surface area contributed by atoms with Crippen LogP contribution in [0.1, 0.15) is 49.4 Å². The molecule has 0 spiro atoms. The fourth-order valence-electron chi connectivity index (χ4n) is 3.37. The maximum atomic E-state index is 13.2. The Hall–Kier alpha value is -2.82. The molecule has 0 bridgehead atoms. The Morgan fingerprint density at radius 3 is 2.20 bits per heavy atom. The number of aryl methyl sites for hydroxylation is 3. The second-order valence-corrected chi connectivity index (χ2v) is 8.15. The van der Waals surface area contributed by atoms with E-state index in [0.717, 1.165) is 22.3 Å². The summed E-state index contributed by atoms with van der Waals surface area (Å²) < 4.78 is 5.82. The number of ether oxygens (including phenoxy) is 1. The van der Waals surface area contributed by atoms with Crippen LogP contribution in [0.15, 0.2) is 42.5 Å². The lowest BCUT2D eigenvalue weighted by Crippen LogP contribution is -2.51. The van der Waals surface area contributed by atoms with Crippen LogP contribution in [0.25, 0.3) is 0 Å². The van der Waals surface area contributed by atoms with Crippen molar-refractivity contribution in [2.24, 2.45) is 0 Å². The van der Waals surface area contributed by atoms with Crippen LogP contribution >= 0.6 is 0 Å². The molecule has 2 aromatic rings. The van der Waals surface area contributed by atoms with Gasteiger partial charge in [0.2, 0.25) is 5.91 Å². The molecule has 0 radical (unpaired) electrons. The summed E-state index contributed by atoms with van der Waals surface area (Å²) in [5.74, 6) is 0.338. The molecular weight excluding hydrogens is 376 g/mol. The number of amides is 2. The third-order valence-electron chi connectivity index (χ3n) is 4.97. The maximum absolute atomic E-state index is 13.2. The van der Waals surface area contributed by atoms with Crippen molar-refractivity contribution in [3.05, 3.63) is 64.7 Å². The second-order valence-electron chi connectivity index (χ2n) is 8.15. The van der Waals surface area contributed by atoms with Crippen LogP contribution in [-0.2, 0) is 16.1 Å². The summed E-state index contributed by atoms with van der Waals surface area (Å²) in [5.41, 5.74) is 4.26. The molecule has 0 aromatic heterocycles. The maximum Gasteiger partial charge on any atom is 0.261 e. The Kier molecular flexibility index (Phi) is 8.46. The van der Waals surface area contributed by atoms with Gasteiger partial charge in [-0.2, -0.15) is 0 Å². The van der Waals surface area contributed by atoms with Gasteiger partial charge in [-0.3, -0.25) is 9.59 Å². The predicted molar refractivity (Wildman–Crippen MR) is 120 cm³/mol. The van der Waals surface area contributed by atoms with E-state index in [1.165, 1.54) is 0 Å². The molecule has 0 heterocycles. The molecule has 5 nitrogen and oxygen atoms in total. The quantitative estimate of drug-likeness (QED) is 0.670. The summed E-state index contributed by atoms with van der Waals surface area (Å²) in [4.78, 5) is 27.6. The van der Waals surface area contributed by atoms with Crippen LogP contribution in [0.5, 0.6) is 5.75 Å². The highest BCUT2D eigenvalue weighted by molar-refractivity contribution is 5.88. The monoisotopic (exact) mass is 410 g/mol. The largest absolute Gasteiger partial charge is 0.483 e. The Morgan fingerprint density at radius 2 is 1.63 bits per heavy atom. The summed E-state index contributed by atoms with van der Waals surface area (Å²) in [6.07, 6.45) is 0.527. The molecule has 30 heavy (non-hydrogen) atoms. The molecule has 5 heteroatoms. The van der Waals surface area contributed by atoms with Gasteiger partial charge >= 0.3 is 0 Å². The van der Waals surface area contributed by atoms with E-state index in [2.05, 4.69) is 5.32 Å². The minimum absolute atomic E-state index is 0.00864. The zero-order valence-corrected chi connectivity index (χ0v) is 19.0. The van der Waals surface area contributed by atoms with Crippen LogP contribution < -0.4 is 10.1 Å². The fraction of sp³-hybridized carbons (Fsp3) is 0.440. The van der Waals surface area contributed by atoms with Crippen molar-refractivity contribution in [3.63, 3.8) is 0 Å². The number of carbonyl (C=O) groups excluding carboxylic acids is 2. The minimum Gasteiger partial charge on any atom is -0.483 e. The molecule has 2 rings (SSSR count). The van der Waals surface area contributed by atoms with Crippen molar-refractivity contribution in [1.29, 1.82) is 0 Å². The molecule has 2 amide bonds. The average molecular weight is 411 g/mol. The molecule has 0 saturated carbocycles. The molecule has 0 fully saturated rings. The minimum atomic E-state index is -0.552. The van der Waals surface area contributed by atoms with Crippen molar-refractivity contribution in [2.75, 3.05) is 6.61 Å². The van der Waals surface area contributed by atoms with Crippen LogP contribution in [0.4, 0.5) is 0 Å². The van der Waals surface area contributed by atoms with Gasteiger partial charge in [0.25, 0.3) is 5.91 Å². The summed E-state index contributed by atoms with van der Waals surface area (Å²) in [6, 6.07) is 13.3. The molecule has 0 aliphatic carbocycles. The molecule has 0 unspecified atom stereocenters. The van der Waals surface area contributed by atoms with E-state index in [4.69, 9.17) is 4.74 Å². The fourth-order valence-corrected chi connectivity index (χ4v) is 3.37. The number of benzene rings is 2. The highest BCUT2D eigenvalue weighted by Crippen LogP contribution is 2.20. The highest BCUT2D eigenvalue weighted by Gasteiger charge is 2.29. The van der Waals surface area contributed by atoms with Crippen molar-refractivity contribution < 1.29 is 14.3 Å². The average Bonchev–Trinajstić information content (AvgIpc) is 2.68. The van der Waals surface area contributed by atoms with Crippen molar-refractivity contribution in [1.82, 2.24) is 10.2 Å². The smallest absolute Gasteiger partial charge is 0.261 e. The van der Waals surface area contributed by atoms with E-state index in [9.17, 15) is 9.59 Å². The van der Waals surface area contributed by atoms with Gasteiger partial charge in [-0.1, -0.05) is 54.4 Å². The van der Waals surface area contributed by atoms with Crippen LogP contribution in [0, 0.1) is 20.8 Å². The first-order valence-electron chi connectivity index (χ1n) is 10.6.